The molecule has 0 amide bonds. The van der Waals surface area contributed by atoms with E-state index in [4.69, 9.17) is 9.84 Å². The van der Waals surface area contributed by atoms with Crippen molar-refractivity contribution in [3.8, 4) is 0 Å². The molecule has 2 fully saturated rings. The second-order valence-corrected chi connectivity index (χ2v) is 4.67. The Hall–Kier alpha value is -0.0800. The molecule has 3 atom stereocenters. The highest BCUT2D eigenvalue weighted by molar-refractivity contribution is 4.95. The molecule has 1 N–H and O–H groups in total. The maximum atomic E-state index is 9.04. The van der Waals surface area contributed by atoms with Crippen molar-refractivity contribution >= 4 is 0 Å². The summed E-state index contributed by atoms with van der Waals surface area (Å²) >= 11 is 0. The van der Waals surface area contributed by atoms with E-state index < -0.39 is 0 Å². The van der Waals surface area contributed by atoms with Gasteiger partial charge >= 0.3 is 0 Å². The smallest absolute Gasteiger partial charge is 0.0814 e. The third-order valence-corrected chi connectivity index (χ3v) is 3.88. The summed E-state index contributed by atoms with van der Waals surface area (Å²) in [6.45, 7) is 2.51. The van der Waals surface area contributed by atoms with E-state index in [-0.39, 0.29) is 18.3 Å². The van der Waals surface area contributed by atoms with Gasteiger partial charge in [-0.3, -0.25) is 0 Å². The average Bonchev–Trinajstić information content (AvgIpc) is 2.56. The van der Waals surface area contributed by atoms with Crippen LogP contribution in [0.5, 0.6) is 0 Å². The molecule has 0 bridgehead atoms. The van der Waals surface area contributed by atoms with Crippen molar-refractivity contribution in [2.45, 2.75) is 57.2 Å². The second-order valence-electron chi connectivity index (χ2n) is 4.67. The number of rotatable bonds is 1. The summed E-state index contributed by atoms with van der Waals surface area (Å²) in [5, 5.41) is 9.04. The zero-order valence-corrected chi connectivity index (χ0v) is 8.46. The summed E-state index contributed by atoms with van der Waals surface area (Å²) in [6, 6.07) is 0. The topological polar surface area (TPSA) is 29.5 Å². The highest BCUT2D eigenvalue weighted by Gasteiger charge is 2.44. The zero-order chi connectivity index (χ0) is 9.31. The van der Waals surface area contributed by atoms with Gasteiger partial charge in [-0.25, -0.2) is 0 Å². The summed E-state index contributed by atoms with van der Waals surface area (Å²) < 4.78 is 6.00. The van der Waals surface area contributed by atoms with Gasteiger partial charge in [0, 0.05) is 0 Å². The largest absolute Gasteiger partial charge is 0.394 e. The van der Waals surface area contributed by atoms with Crippen molar-refractivity contribution < 1.29 is 9.84 Å². The molecule has 1 spiro atoms. The molecule has 76 valence electrons. The van der Waals surface area contributed by atoms with E-state index in [1.807, 2.05) is 0 Å². The zero-order valence-electron chi connectivity index (χ0n) is 8.46. The Balaban J connectivity index is 2.03. The van der Waals surface area contributed by atoms with Crippen LogP contribution in [0.4, 0.5) is 0 Å². The summed E-state index contributed by atoms with van der Waals surface area (Å²) in [7, 11) is 0. The minimum absolute atomic E-state index is 0.126. The summed E-state index contributed by atoms with van der Waals surface area (Å²) in [6.07, 6.45) is 7.53. The quantitative estimate of drug-likeness (QED) is 0.676. The molecule has 1 saturated carbocycles. The first kappa shape index (κ1) is 9.47. The summed E-state index contributed by atoms with van der Waals surface area (Å²) in [4.78, 5) is 0. The first-order valence-electron chi connectivity index (χ1n) is 5.55. The van der Waals surface area contributed by atoms with Crippen molar-refractivity contribution in [1.82, 2.24) is 0 Å². The van der Waals surface area contributed by atoms with E-state index in [0.717, 1.165) is 6.42 Å². The van der Waals surface area contributed by atoms with Crippen LogP contribution in [0.25, 0.3) is 0 Å². The van der Waals surface area contributed by atoms with Crippen LogP contribution in [0, 0.1) is 5.92 Å². The lowest BCUT2D eigenvalue weighted by Gasteiger charge is -2.39. The molecule has 0 aromatic carbocycles. The Bertz CT molecular complexity index is 181. The fourth-order valence-corrected chi connectivity index (χ4v) is 2.91. The molecule has 2 rings (SSSR count). The van der Waals surface area contributed by atoms with Crippen LogP contribution in [-0.2, 0) is 4.74 Å². The fraction of sp³-hybridized carbons (Fsp3) is 1.00. The van der Waals surface area contributed by atoms with Gasteiger partial charge in [0.1, 0.15) is 0 Å². The van der Waals surface area contributed by atoms with Gasteiger partial charge in [-0.15, -0.1) is 0 Å². The van der Waals surface area contributed by atoms with Gasteiger partial charge in [-0.1, -0.05) is 19.8 Å². The highest BCUT2D eigenvalue weighted by atomic mass is 16.5. The van der Waals surface area contributed by atoms with Crippen molar-refractivity contribution in [3.05, 3.63) is 0 Å². The number of aliphatic hydroxyl groups excluding tert-OH is 1. The molecule has 1 heterocycles. The van der Waals surface area contributed by atoms with Crippen molar-refractivity contribution in [3.63, 3.8) is 0 Å². The monoisotopic (exact) mass is 184 g/mol. The Morgan fingerprint density at radius 1 is 1.31 bits per heavy atom. The predicted molar refractivity (Wildman–Crippen MR) is 51.6 cm³/mol. The minimum Gasteiger partial charge on any atom is -0.394 e. The first-order chi connectivity index (χ1) is 6.27. The van der Waals surface area contributed by atoms with E-state index in [9.17, 15) is 0 Å². The van der Waals surface area contributed by atoms with Crippen molar-refractivity contribution in [1.29, 1.82) is 0 Å². The maximum Gasteiger partial charge on any atom is 0.0814 e. The Labute approximate surface area is 80.3 Å². The maximum absolute atomic E-state index is 9.04. The number of hydrogen-bond donors (Lipinski definition) is 1. The number of aliphatic hydroxyl groups is 1. The van der Waals surface area contributed by atoms with Gasteiger partial charge in [0.15, 0.2) is 0 Å². The lowest BCUT2D eigenvalue weighted by atomic mass is 9.75. The molecule has 0 radical (unpaired) electrons. The molecular weight excluding hydrogens is 164 g/mol. The standard InChI is InChI=1S/C11H20O2/c1-9-4-2-3-6-11(9)7-5-10(8-12)13-11/h9-10,12H,2-8H2,1H3/t9-,10-,11+/m1/s1. The van der Waals surface area contributed by atoms with Gasteiger partial charge in [0.25, 0.3) is 0 Å². The lowest BCUT2D eigenvalue weighted by molar-refractivity contribution is -0.106. The fourth-order valence-electron chi connectivity index (χ4n) is 2.91. The molecule has 0 aromatic heterocycles. The molecular formula is C11H20O2. The molecule has 1 saturated heterocycles. The molecule has 0 unspecified atom stereocenters. The molecule has 1 aliphatic carbocycles. The Morgan fingerprint density at radius 3 is 2.77 bits per heavy atom. The van der Waals surface area contributed by atoms with Gasteiger partial charge < -0.3 is 9.84 Å². The molecule has 13 heavy (non-hydrogen) atoms. The summed E-state index contributed by atoms with van der Waals surface area (Å²) in [5.74, 6) is 0.692. The van der Waals surface area contributed by atoms with Crippen LogP contribution >= 0.6 is 0 Å². The average molecular weight is 184 g/mol. The van der Waals surface area contributed by atoms with E-state index in [1.54, 1.807) is 0 Å². The van der Waals surface area contributed by atoms with Crippen LogP contribution in [-0.4, -0.2) is 23.4 Å². The molecule has 2 aliphatic rings. The third kappa shape index (κ3) is 1.62. The minimum atomic E-state index is 0.126. The van der Waals surface area contributed by atoms with E-state index in [0.29, 0.717) is 5.92 Å². The molecule has 0 aromatic rings. The van der Waals surface area contributed by atoms with Gasteiger partial charge in [-0.2, -0.15) is 0 Å². The van der Waals surface area contributed by atoms with Crippen LogP contribution in [0.2, 0.25) is 0 Å². The van der Waals surface area contributed by atoms with Crippen LogP contribution < -0.4 is 0 Å². The number of ether oxygens (including phenoxy) is 1. The Kier molecular flexibility index (Phi) is 2.61. The van der Waals surface area contributed by atoms with E-state index in [2.05, 4.69) is 6.92 Å². The third-order valence-electron chi connectivity index (χ3n) is 3.88. The second kappa shape index (κ2) is 3.58. The summed E-state index contributed by atoms with van der Waals surface area (Å²) in [5.41, 5.74) is 0.144. The predicted octanol–water partition coefficient (Wildman–Crippen LogP) is 2.11. The SMILES string of the molecule is C[C@@H]1CCCC[C@]12CC[C@H](CO)O2. The first-order valence-corrected chi connectivity index (χ1v) is 5.55. The van der Waals surface area contributed by atoms with E-state index >= 15 is 0 Å². The van der Waals surface area contributed by atoms with Gasteiger partial charge in [-0.05, 0) is 31.6 Å². The Morgan fingerprint density at radius 2 is 2.15 bits per heavy atom. The van der Waals surface area contributed by atoms with Crippen LogP contribution in [0.3, 0.4) is 0 Å². The molecule has 1 aliphatic heterocycles. The molecule has 2 nitrogen and oxygen atoms in total. The van der Waals surface area contributed by atoms with Crippen LogP contribution in [0.15, 0.2) is 0 Å². The normalized spacial score (nSPS) is 45.7. The van der Waals surface area contributed by atoms with Crippen molar-refractivity contribution in [2.24, 2.45) is 5.92 Å². The highest BCUT2D eigenvalue weighted by Crippen LogP contribution is 2.45. The van der Waals surface area contributed by atoms with Gasteiger partial charge in [0.05, 0.1) is 18.3 Å². The van der Waals surface area contributed by atoms with Gasteiger partial charge in [0.2, 0.25) is 0 Å². The lowest BCUT2D eigenvalue weighted by Crippen LogP contribution is -2.39. The number of hydrogen-bond acceptors (Lipinski definition) is 2. The molecule has 2 heteroatoms. The van der Waals surface area contributed by atoms with Crippen LogP contribution in [0.1, 0.15) is 45.4 Å². The van der Waals surface area contributed by atoms with E-state index in [1.165, 1.54) is 32.1 Å². The van der Waals surface area contributed by atoms with Crippen molar-refractivity contribution in [2.75, 3.05) is 6.61 Å².